The van der Waals surface area contributed by atoms with Gasteiger partial charge in [0.2, 0.25) is 5.91 Å². The largest absolute Gasteiger partial charge is 0.461 e. The minimum atomic E-state index is -0.516. The molecular formula is C10H18N2O3. The summed E-state index contributed by atoms with van der Waals surface area (Å²) < 4.78 is 4.75. The molecule has 1 atom stereocenters. The minimum absolute atomic E-state index is 0.213. The molecule has 0 aliphatic heterocycles. The molecule has 1 amide bonds. The number of ether oxygens (including phenoxy) is 1. The molecule has 3 N–H and O–H groups in total. The van der Waals surface area contributed by atoms with E-state index < -0.39 is 6.04 Å². The van der Waals surface area contributed by atoms with Crippen LogP contribution < -0.4 is 11.1 Å². The average molecular weight is 214 g/mol. The lowest BCUT2D eigenvalue weighted by molar-refractivity contribution is -0.142. The molecule has 0 fully saturated rings. The first-order chi connectivity index (χ1) is 7.07. The summed E-state index contributed by atoms with van der Waals surface area (Å²) in [6.45, 7) is 5.69. The van der Waals surface area contributed by atoms with E-state index in [1.807, 2.05) is 0 Å². The number of hydrogen-bond acceptors (Lipinski definition) is 4. The summed E-state index contributed by atoms with van der Waals surface area (Å²) in [7, 11) is 0. The molecule has 0 radical (unpaired) electrons. The second-order valence-corrected chi connectivity index (χ2v) is 3.15. The lowest BCUT2D eigenvalue weighted by Gasteiger charge is -2.07. The molecule has 15 heavy (non-hydrogen) atoms. The highest BCUT2D eigenvalue weighted by atomic mass is 16.5. The average Bonchev–Trinajstić information content (AvgIpc) is 2.20. The Morgan fingerprint density at radius 2 is 2.27 bits per heavy atom. The van der Waals surface area contributed by atoms with Crippen molar-refractivity contribution in [3.05, 3.63) is 12.7 Å². The van der Waals surface area contributed by atoms with Crippen molar-refractivity contribution >= 4 is 11.9 Å². The van der Waals surface area contributed by atoms with E-state index in [0.717, 1.165) is 0 Å². The third-order valence-electron chi connectivity index (χ3n) is 1.63. The van der Waals surface area contributed by atoms with Gasteiger partial charge in [0, 0.05) is 13.0 Å². The fourth-order valence-electron chi connectivity index (χ4n) is 0.829. The first-order valence-corrected chi connectivity index (χ1v) is 4.87. The zero-order valence-corrected chi connectivity index (χ0v) is 8.99. The van der Waals surface area contributed by atoms with Crippen molar-refractivity contribution in [3.8, 4) is 0 Å². The number of nitrogens with one attached hydrogen (secondary N) is 1. The molecule has 0 aliphatic rings. The lowest BCUT2D eigenvalue weighted by atomic mass is 10.3. The summed E-state index contributed by atoms with van der Waals surface area (Å²) in [5.41, 5.74) is 5.33. The van der Waals surface area contributed by atoms with Gasteiger partial charge in [0.15, 0.2) is 0 Å². The van der Waals surface area contributed by atoms with E-state index >= 15 is 0 Å². The van der Waals surface area contributed by atoms with Crippen molar-refractivity contribution < 1.29 is 14.3 Å². The Hall–Kier alpha value is -1.36. The molecule has 0 rings (SSSR count). The normalized spacial score (nSPS) is 11.6. The Bertz CT molecular complexity index is 227. The minimum Gasteiger partial charge on any atom is -0.461 e. The van der Waals surface area contributed by atoms with Gasteiger partial charge in [-0.3, -0.25) is 9.59 Å². The van der Waals surface area contributed by atoms with E-state index in [1.54, 1.807) is 6.92 Å². The van der Waals surface area contributed by atoms with Crippen LogP contribution >= 0.6 is 0 Å². The molecule has 0 aromatic heterocycles. The molecule has 0 heterocycles. The molecule has 0 spiro atoms. The van der Waals surface area contributed by atoms with Crippen molar-refractivity contribution in [2.24, 2.45) is 5.73 Å². The summed E-state index contributed by atoms with van der Waals surface area (Å²) >= 11 is 0. The smallest absolute Gasteiger partial charge is 0.306 e. The maximum absolute atomic E-state index is 11.0. The number of hydrogen-bond donors (Lipinski definition) is 2. The lowest BCUT2D eigenvalue weighted by Crippen LogP contribution is -2.38. The Labute approximate surface area is 89.7 Å². The summed E-state index contributed by atoms with van der Waals surface area (Å²) in [5.74, 6) is -0.501. The summed E-state index contributed by atoms with van der Waals surface area (Å²) in [6.07, 6.45) is 2.34. The SMILES string of the molecule is C=CCOC(=O)CCCNC(=O)[C@@H](C)N. The van der Waals surface area contributed by atoms with Crippen LogP contribution in [0.25, 0.3) is 0 Å². The number of nitrogens with two attached hydrogens (primary N) is 1. The molecule has 0 bridgehead atoms. The quantitative estimate of drug-likeness (QED) is 0.354. The monoisotopic (exact) mass is 214 g/mol. The van der Waals surface area contributed by atoms with Crippen LogP contribution in [-0.2, 0) is 14.3 Å². The highest BCUT2D eigenvalue weighted by Crippen LogP contribution is 1.91. The van der Waals surface area contributed by atoms with Gasteiger partial charge in [-0.25, -0.2) is 0 Å². The van der Waals surface area contributed by atoms with E-state index in [-0.39, 0.29) is 24.9 Å². The number of esters is 1. The zero-order chi connectivity index (χ0) is 11.7. The predicted molar refractivity (Wildman–Crippen MR) is 57.0 cm³/mol. The molecule has 0 saturated carbocycles. The van der Waals surface area contributed by atoms with Crippen LogP contribution in [-0.4, -0.2) is 31.1 Å². The standard InChI is InChI=1S/C10H18N2O3/c1-3-7-15-9(13)5-4-6-12-10(14)8(2)11/h3,8H,1,4-7,11H2,2H3,(H,12,14)/t8-/m1/s1. The van der Waals surface area contributed by atoms with Gasteiger partial charge >= 0.3 is 5.97 Å². The third-order valence-corrected chi connectivity index (χ3v) is 1.63. The highest BCUT2D eigenvalue weighted by Gasteiger charge is 2.06. The number of rotatable bonds is 7. The topological polar surface area (TPSA) is 81.4 Å². The molecule has 0 saturated heterocycles. The van der Waals surface area contributed by atoms with Gasteiger partial charge in [0.05, 0.1) is 6.04 Å². The van der Waals surface area contributed by atoms with Gasteiger partial charge in [0.1, 0.15) is 6.61 Å². The third kappa shape index (κ3) is 7.69. The van der Waals surface area contributed by atoms with Gasteiger partial charge in [-0.1, -0.05) is 12.7 Å². The molecular weight excluding hydrogens is 196 g/mol. The van der Waals surface area contributed by atoms with Crippen LogP contribution in [0.5, 0.6) is 0 Å². The van der Waals surface area contributed by atoms with Crippen molar-refractivity contribution in [2.75, 3.05) is 13.2 Å². The maximum Gasteiger partial charge on any atom is 0.306 e. The predicted octanol–water partition coefficient (Wildman–Crippen LogP) is -0.0408. The fourth-order valence-corrected chi connectivity index (χ4v) is 0.829. The Kier molecular flexibility index (Phi) is 7.27. The van der Waals surface area contributed by atoms with Gasteiger partial charge in [-0.05, 0) is 13.3 Å². The first kappa shape index (κ1) is 13.6. The Morgan fingerprint density at radius 1 is 1.60 bits per heavy atom. The molecule has 5 heteroatoms. The Morgan fingerprint density at radius 3 is 2.80 bits per heavy atom. The van der Waals surface area contributed by atoms with Gasteiger partial charge in [-0.2, -0.15) is 0 Å². The van der Waals surface area contributed by atoms with Gasteiger partial charge in [-0.15, -0.1) is 0 Å². The van der Waals surface area contributed by atoms with Crippen molar-refractivity contribution in [3.63, 3.8) is 0 Å². The van der Waals surface area contributed by atoms with Crippen LogP contribution in [0, 0.1) is 0 Å². The summed E-state index contributed by atoms with van der Waals surface area (Å²) in [5, 5.41) is 2.60. The molecule has 0 unspecified atom stereocenters. The molecule has 0 aromatic carbocycles. The molecule has 0 aromatic rings. The van der Waals surface area contributed by atoms with Crippen molar-refractivity contribution in [1.82, 2.24) is 5.32 Å². The molecule has 0 aliphatic carbocycles. The van der Waals surface area contributed by atoms with Crippen LogP contribution in [0.2, 0.25) is 0 Å². The van der Waals surface area contributed by atoms with E-state index in [0.29, 0.717) is 13.0 Å². The van der Waals surface area contributed by atoms with Crippen molar-refractivity contribution in [1.29, 1.82) is 0 Å². The van der Waals surface area contributed by atoms with E-state index in [9.17, 15) is 9.59 Å². The number of amides is 1. The fraction of sp³-hybridized carbons (Fsp3) is 0.600. The molecule has 5 nitrogen and oxygen atoms in total. The van der Waals surface area contributed by atoms with Crippen molar-refractivity contribution in [2.45, 2.75) is 25.8 Å². The van der Waals surface area contributed by atoms with E-state index in [2.05, 4.69) is 11.9 Å². The maximum atomic E-state index is 11.0. The first-order valence-electron chi connectivity index (χ1n) is 4.87. The van der Waals surface area contributed by atoms with Gasteiger partial charge < -0.3 is 15.8 Å². The number of carbonyl (C=O) groups excluding carboxylic acids is 2. The number of carbonyl (C=O) groups is 2. The van der Waals surface area contributed by atoms with Crippen LogP contribution in [0.3, 0.4) is 0 Å². The zero-order valence-electron chi connectivity index (χ0n) is 8.99. The highest BCUT2D eigenvalue weighted by molar-refractivity contribution is 5.80. The van der Waals surface area contributed by atoms with Crippen LogP contribution in [0.1, 0.15) is 19.8 Å². The van der Waals surface area contributed by atoms with E-state index in [1.165, 1.54) is 6.08 Å². The van der Waals surface area contributed by atoms with Crippen LogP contribution in [0.15, 0.2) is 12.7 Å². The van der Waals surface area contributed by atoms with E-state index in [4.69, 9.17) is 10.5 Å². The van der Waals surface area contributed by atoms with Crippen LogP contribution in [0.4, 0.5) is 0 Å². The second-order valence-electron chi connectivity index (χ2n) is 3.15. The second kappa shape index (κ2) is 7.99. The Balaban J connectivity index is 3.42. The summed E-state index contributed by atoms with van der Waals surface area (Å²) in [4.78, 5) is 22.0. The summed E-state index contributed by atoms with van der Waals surface area (Å²) in [6, 6.07) is -0.516. The van der Waals surface area contributed by atoms with Gasteiger partial charge in [0.25, 0.3) is 0 Å². The molecule has 86 valence electrons.